The van der Waals surface area contributed by atoms with Crippen LogP contribution in [0.4, 0.5) is 0 Å². The minimum absolute atomic E-state index is 0.000340. The molecule has 0 N–H and O–H groups in total. The monoisotopic (exact) mass is 354 g/mol. The fourth-order valence-corrected chi connectivity index (χ4v) is 4.50. The van der Waals surface area contributed by atoms with Crippen LogP contribution >= 0.6 is 38.9 Å². The van der Waals surface area contributed by atoms with Gasteiger partial charge < -0.3 is 0 Å². The van der Waals surface area contributed by atoms with E-state index in [4.69, 9.17) is 11.6 Å². The first-order valence-electron chi connectivity index (χ1n) is 6.22. The van der Waals surface area contributed by atoms with Crippen molar-refractivity contribution in [3.8, 4) is 0 Å². The van der Waals surface area contributed by atoms with Crippen molar-refractivity contribution in [3.05, 3.63) is 55.1 Å². The first kappa shape index (κ1) is 13.3. The number of rotatable bonds is 2. The van der Waals surface area contributed by atoms with Crippen molar-refractivity contribution in [3.63, 3.8) is 0 Å². The van der Waals surface area contributed by atoms with E-state index in [0.29, 0.717) is 10.6 Å². The van der Waals surface area contributed by atoms with E-state index in [0.717, 1.165) is 23.7 Å². The highest BCUT2D eigenvalue weighted by Crippen LogP contribution is 2.37. The Hall–Kier alpha value is -0.640. The Kier molecular flexibility index (Phi) is 3.79. The maximum absolute atomic E-state index is 12.7. The summed E-state index contributed by atoms with van der Waals surface area (Å²) in [5, 5.41) is 2.68. The summed E-state index contributed by atoms with van der Waals surface area (Å²) in [7, 11) is 0. The predicted molar refractivity (Wildman–Crippen MR) is 83.5 cm³/mol. The standard InChI is InChI=1S/C15H12BrClOS/c16-10-6-9(7-11(17)8-10)15(18)13-2-1-3-14-12(13)4-5-19-14/h4-8,13H,1-3H2. The quantitative estimate of drug-likeness (QED) is 0.653. The zero-order valence-corrected chi connectivity index (χ0v) is 13.3. The number of fused-ring (bicyclic) bond motifs is 1. The molecule has 1 aromatic heterocycles. The van der Waals surface area contributed by atoms with Crippen LogP contribution in [0, 0.1) is 0 Å². The van der Waals surface area contributed by atoms with Gasteiger partial charge >= 0.3 is 0 Å². The molecule has 2 aromatic rings. The molecule has 0 saturated carbocycles. The van der Waals surface area contributed by atoms with Gasteiger partial charge in [0.1, 0.15) is 0 Å². The molecule has 1 unspecified atom stereocenters. The molecule has 0 fully saturated rings. The van der Waals surface area contributed by atoms with Gasteiger partial charge in [-0.25, -0.2) is 0 Å². The molecule has 1 aromatic carbocycles. The van der Waals surface area contributed by atoms with Gasteiger partial charge in [0.05, 0.1) is 0 Å². The molecule has 0 amide bonds. The Labute approximate surface area is 129 Å². The van der Waals surface area contributed by atoms with E-state index in [1.54, 1.807) is 23.5 Å². The Morgan fingerprint density at radius 2 is 2.21 bits per heavy atom. The lowest BCUT2D eigenvalue weighted by molar-refractivity contribution is 0.0951. The van der Waals surface area contributed by atoms with Crippen LogP contribution in [-0.2, 0) is 6.42 Å². The highest BCUT2D eigenvalue weighted by atomic mass is 79.9. The van der Waals surface area contributed by atoms with Crippen LogP contribution in [0.1, 0.15) is 39.6 Å². The number of hydrogen-bond acceptors (Lipinski definition) is 2. The first-order chi connectivity index (χ1) is 9.15. The molecule has 0 saturated heterocycles. The summed E-state index contributed by atoms with van der Waals surface area (Å²) < 4.78 is 0.852. The maximum atomic E-state index is 12.7. The van der Waals surface area contributed by atoms with Crippen molar-refractivity contribution in [2.75, 3.05) is 0 Å². The molecule has 0 bridgehead atoms. The summed E-state index contributed by atoms with van der Waals surface area (Å²) in [6.45, 7) is 0. The molecule has 0 aliphatic heterocycles. The summed E-state index contributed by atoms with van der Waals surface area (Å²) in [4.78, 5) is 14.1. The Balaban J connectivity index is 1.97. The Morgan fingerprint density at radius 1 is 1.37 bits per heavy atom. The van der Waals surface area contributed by atoms with Crippen molar-refractivity contribution in [1.82, 2.24) is 0 Å². The van der Waals surface area contributed by atoms with Crippen molar-refractivity contribution >= 4 is 44.7 Å². The van der Waals surface area contributed by atoms with Crippen molar-refractivity contribution < 1.29 is 4.79 Å². The number of aryl methyl sites for hydroxylation is 1. The number of carbonyl (C=O) groups excluding carboxylic acids is 1. The second kappa shape index (κ2) is 5.39. The van der Waals surface area contributed by atoms with E-state index in [1.165, 1.54) is 10.4 Å². The summed E-state index contributed by atoms with van der Waals surface area (Å²) >= 11 is 11.2. The van der Waals surface area contributed by atoms with Crippen LogP contribution in [0.2, 0.25) is 5.02 Å². The normalized spacial score (nSPS) is 18.1. The zero-order valence-electron chi connectivity index (χ0n) is 10.2. The molecule has 4 heteroatoms. The lowest BCUT2D eigenvalue weighted by Crippen LogP contribution is -2.17. The van der Waals surface area contributed by atoms with Gasteiger partial charge in [-0.15, -0.1) is 11.3 Å². The van der Waals surface area contributed by atoms with E-state index in [1.807, 2.05) is 6.07 Å². The third-order valence-corrected chi connectivity index (χ3v) is 5.19. The first-order valence-corrected chi connectivity index (χ1v) is 8.27. The second-order valence-corrected chi connectivity index (χ2v) is 7.12. The fraction of sp³-hybridized carbons (Fsp3) is 0.267. The average molecular weight is 356 g/mol. The summed E-state index contributed by atoms with van der Waals surface area (Å²) in [6.07, 6.45) is 3.13. The molecule has 1 nitrogen and oxygen atoms in total. The minimum atomic E-state index is 0.000340. The molecule has 3 rings (SSSR count). The summed E-state index contributed by atoms with van der Waals surface area (Å²) in [5.41, 5.74) is 1.92. The molecule has 1 heterocycles. The van der Waals surface area contributed by atoms with Gasteiger partial charge in [0.2, 0.25) is 0 Å². The van der Waals surface area contributed by atoms with Crippen molar-refractivity contribution in [2.24, 2.45) is 0 Å². The van der Waals surface area contributed by atoms with Gasteiger partial charge in [-0.05, 0) is 54.5 Å². The van der Waals surface area contributed by atoms with E-state index in [-0.39, 0.29) is 11.7 Å². The van der Waals surface area contributed by atoms with Gasteiger partial charge in [0.15, 0.2) is 5.78 Å². The van der Waals surface area contributed by atoms with Gasteiger partial charge in [-0.1, -0.05) is 27.5 Å². The Bertz CT molecular complexity index is 615. The van der Waals surface area contributed by atoms with Crippen LogP contribution in [0.5, 0.6) is 0 Å². The van der Waals surface area contributed by atoms with Crippen LogP contribution in [-0.4, -0.2) is 5.78 Å². The van der Waals surface area contributed by atoms with E-state index in [2.05, 4.69) is 27.4 Å². The average Bonchev–Trinajstić information content (AvgIpc) is 2.84. The lowest BCUT2D eigenvalue weighted by atomic mass is 9.82. The van der Waals surface area contributed by atoms with Crippen LogP contribution in [0.3, 0.4) is 0 Å². The molecule has 98 valence electrons. The molecule has 1 aliphatic rings. The number of halogens is 2. The third-order valence-electron chi connectivity index (χ3n) is 3.52. The van der Waals surface area contributed by atoms with Gasteiger partial charge in [0, 0.05) is 25.9 Å². The third kappa shape index (κ3) is 2.64. The largest absolute Gasteiger partial charge is 0.293 e. The van der Waals surface area contributed by atoms with Gasteiger partial charge in [-0.2, -0.15) is 0 Å². The molecule has 19 heavy (non-hydrogen) atoms. The molecular formula is C15H12BrClOS. The predicted octanol–water partition coefficient (Wildman–Crippen LogP) is 5.47. The SMILES string of the molecule is O=C(c1cc(Cl)cc(Br)c1)C1CCCc2sccc21. The fourth-order valence-electron chi connectivity index (χ4n) is 2.66. The summed E-state index contributed by atoms with van der Waals surface area (Å²) in [6, 6.07) is 7.51. The maximum Gasteiger partial charge on any atom is 0.170 e. The van der Waals surface area contributed by atoms with Crippen LogP contribution in [0.25, 0.3) is 0 Å². The molecule has 0 radical (unpaired) electrons. The number of ketones is 1. The van der Waals surface area contributed by atoms with Crippen LogP contribution in [0.15, 0.2) is 34.1 Å². The van der Waals surface area contributed by atoms with Crippen LogP contribution < -0.4 is 0 Å². The highest BCUT2D eigenvalue weighted by molar-refractivity contribution is 9.10. The summed E-state index contributed by atoms with van der Waals surface area (Å²) in [5.74, 6) is 0.183. The molecule has 1 atom stereocenters. The minimum Gasteiger partial charge on any atom is -0.293 e. The lowest BCUT2D eigenvalue weighted by Gasteiger charge is -2.21. The number of carbonyl (C=O) groups is 1. The highest BCUT2D eigenvalue weighted by Gasteiger charge is 2.28. The molecule has 1 aliphatic carbocycles. The topological polar surface area (TPSA) is 17.1 Å². The number of thiophene rings is 1. The second-order valence-electron chi connectivity index (χ2n) is 4.77. The van der Waals surface area contributed by atoms with Gasteiger partial charge in [-0.3, -0.25) is 4.79 Å². The van der Waals surface area contributed by atoms with Crippen molar-refractivity contribution in [2.45, 2.75) is 25.2 Å². The van der Waals surface area contributed by atoms with Crippen molar-refractivity contribution in [1.29, 1.82) is 0 Å². The number of benzene rings is 1. The molecular weight excluding hydrogens is 344 g/mol. The van der Waals surface area contributed by atoms with E-state index < -0.39 is 0 Å². The van der Waals surface area contributed by atoms with Gasteiger partial charge in [0.25, 0.3) is 0 Å². The zero-order chi connectivity index (χ0) is 13.4. The smallest absolute Gasteiger partial charge is 0.170 e. The Morgan fingerprint density at radius 3 is 3.00 bits per heavy atom. The van der Waals surface area contributed by atoms with E-state index >= 15 is 0 Å². The number of Topliss-reactive ketones (excluding diaryl/α,β-unsaturated/α-hetero) is 1. The number of hydrogen-bond donors (Lipinski definition) is 0. The van der Waals surface area contributed by atoms with E-state index in [9.17, 15) is 4.79 Å². The molecule has 0 spiro atoms.